The van der Waals surface area contributed by atoms with E-state index in [1.54, 1.807) is 17.3 Å². The number of amides is 1. The fraction of sp³-hybridized carbons (Fsp3) is 0.500. The van der Waals surface area contributed by atoms with Crippen molar-refractivity contribution in [3.63, 3.8) is 0 Å². The highest BCUT2D eigenvalue weighted by Crippen LogP contribution is 2.12. The van der Waals surface area contributed by atoms with Crippen molar-refractivity contribution >= 4 is 5.91 Å². The lowest BCUT2D eigenvalue weighted by atomic mass is 10.2. The second-order valence-corrected chi connectivity index (χ2v) is 4.08. The minimum absolute atomic E-state index is 0.0111. The van der Waals surface area contributed by atoms with Gasteiger partial charge in [0.25, 0.3) is 0 Å². The summed E-state index contributed by atoms with van der Waals surface area (Å²) in [4.78, 5) is 17.4. The Labute approximate surface area is 100 Å². The van der Waals surface area contributed by atoms with Crippen LogP contribution in [-0.2, 0) is 16.1 Å². The van der Waals surface area contributed by atoms with Gasteiger partial charge in [0.1, 0.15) is 6.61 Å². The van der Waals surface area contributed by atoms with E-state index in [-0.39, 0.29) is 25.2 Å². The highest BCUT2D eigenvalue weighted by atomic mass is 16.5. The number of pyridine rings is 1. The predicted molar refractivity (Wildman–Crippen MR) is 61.1 cm³/mol. The quantitative estimate of drug-likeness (QED) is 0.810. The Kier molecular flexibility index (Phi) is 4.06. The molecule has 1 aliphatic heterocycles. The average Bonchev–Trinajstić information content (AvgIpc) is 2.35. The predicted octanol–water partition coefficient (Wildman–Crippen LogP) is 0.191. The van der Waals surface area contributed by atoms with Crippen LogP contribution in [0.25, 0.3) is 0 Å². The normalized spacial score (nSPS) is 20.6. The maximum atomic E-state index is 11.7. The molecule has 1 unspecified atom stereocenters. The Morgan fingerprint density at radius 2 is 2.47 bits per heavy atom. The largest absolute Gasteiger partial charge is 0.396 e. The van der Waals surface area contributed by atoms with Crippen LogP contribution in [0, 0.1) is 0 Å². The highest BCUT2D eigenvalue weighted by Gasteiger charge is 2.25. The molecule has 0 bridgehead atoms. The third kappa shape index (κ3) is 3.25. The number of rotatable bonds is 4. The SMILES string of the molecule is O=C1COC(CCO)CN1Cc1cccnc1. The molecule has 0 spiro atoms. The number of hydrogen-bond donors (Lipinski definition) is 1. The zero-order valence-corrected chi connectivity index (χ0v) is 9.58. The molecule has 1 aliphatic rings. The summed E-state index contributed by atoms with van der Waals surface area (Å²) >= 11 is 0. The number of nitrogens with zero attached hydrogens (tertiary/aromatic N) is 2. The first kappa shape index (κ1) is 12.0. The van der Waals surface area contributed by atoms with Gasteiger partial charge in [0.15, 0.2) is 0 Å². The van der Waals surface area contributed by atoms with E-state index in [2.05, 4.69) is 4.98 Å². The summed E-state index contributed by atoms with van der Waals surface area (Å²) in [6, 6.07) is 3.79. The number of aliphatic hydroxyl groups is 1. The van der Waals surface area contributed by atoms with Gasteiger partial charge in [-0.05, 0) is 18.1 Å². The molecule has 1 saturated heterocycles. The van der Waals surface area contributed by atoms with Crippen molar-refractivity contribution < 1.29 is 14.6 Å². The summed E-state index contributed by atoms with van der Waals surface area (Å²) in [6.45, 7) is 1.27. The zero-order valence-electron chi connectivity index (χ0n) is 9.58. The molecule has 0 saturated carbocycles. The summed E-state index contributed by atoms with van der Waals surface area (Å²) in [5.41, 5.74) is 1.01. The van der Waals surface area contributed by atoms with Crippen LogP contribution >= 0.6 is 0 Å². The summed E-state index contributed by atoms with van der Waals surface area (Å²) < 4.78 is 5.33. The van der Waals surface area contributed by atoms with Crippen molar-refractivity contribution in [1.29, 1.82) is 0 Å². The average molecular weight is 236 g/mol. The van der Waals surface area contributed by atoms with Crippen LogP contribution in [0.4, 0.5) is 0 Å². The fourth-order valence-electron chi connectivity index (χ4n) is 1.86. The van der Waals surface area contributed by atoms with Gasteiger partial charge in [0.2, 0.25) is 5.91 Å². The van der Waals surface area contributed by atoms with Crippen LogP contribution in [0.3, 0.4) is 0 Å². The Bertz CT molecular complexity index is 369. The second-order valence-electron chi connectivity index (χ2n) is 4.08. The molecular formula is C12H16N2O3. The van der Waals surface area contributed by atoms with Gasteiger partial charge in [-0.1, -0.05) is 6.07 Å². The summed E-state index contributed by atoms with van der Waals surface area (Å²) in [6.07, 6.45) is 3.97. The van der Waals surface area contributed by atoms with Crippen molar-refractivity contribution in [1.82, 2.24) is 9.88 Å². The lowest BCUT2D eigenvalue weighted by molar-refractivity contribution is -0.150. The Morgan fingerprint density at radius 1 is 1.59 bits per heavy atom. The minimum atomic E-state index is -0.0608. The number of aliphatic hydroxyl groups excluding tert-OH is 1. The molecule has 0 radical (unpaired) electrons. The number of hydrogen-bond acceptors (Lipinski definition) is 4. The van der Waals surface area contributed by atoms with Crippen molar-refractivity contribution in [3.05, 3.63) is 30.1 Å². The molecule has 2 heterocycles. The lowest BCUT2D eigenvalue weighted by Crippen LogP contribution is -2.46. The van der Waals surface area contributed by atoms with Gasteiger partial charge in [-0.25, -0.2) is 0 Å². The van der Waals surface area contributed by atoms with Crippen molar-refractivity contribution in [2.45, 2.75) is 19.1 Å². The molecule has 1 fully saturated rings. The zero-order chi connectivity index (χ0) is 12.1. The topological polar surface area (TPSA) is 62.7 Å². The van der Waals surface area contributed by atoms with E-state index < -0.39 is 0 Å². The maximum Gasteiger partial charge on any atom is 0.248 e. The van der Waals surface area contributed by atoms with E-state index in [1.165, 1.54) is 0 Å². The van der Waals surface area contributed by atoms with Gasteiger partial charge in [0.05, 0.1) is 6.10 Å². The first-order chi connectivity index (χ1) is 8.29. The molecular weight excluding hydrogens is 220 g/mol. The number of morpholine rings is 1. The molecule has 5 heteroatoms. The molecule has 0 aliphatic carbocycles. The van der Waals surface area contributed by atoms with Crippen LogP contribution in [0.15, 0.2) is 24.5 Å². The van der Waals surface area contributed by atoms with Crippen LogP contribution in [0.1, 0.15) is 12.0 Å². The van der Waals surface area contributed by atoms with E-state index in [0.717, 1.165) is 5.56 Å². The highest BCUT2D eigenvalue weighted by molar-refractivity contribution is 5.78. The van der Waals surface area contributed by atoms with E-state index >= 15 is 0 Å². The number of ether oxygens (including phenoxy) is 1. The smallest absolute Gasteiger partial charge is 0.248 e. The Morgan fingerprint density at radius 3 is 3.18 bits per heavy atom. The lowest BCUT2D eigenvalue weighted by Gasteiger charge is -2.32. The number of carbonyl (C=O) groups excluding carboxylic acids is 1. The van der Waals surface area contributed by atoms with Gasteiger partial charge >= 0.3 is 0 Å². The van der Waals surface area contributed by atoms with Crippen molar-refractivity contribution in [3.8, 4) is 0 Å². The van der Waals surface area contributed by atoms with Crippen LogP contribution < -0.4 is 0 Å². The molecule has 1 aromatic heterocycles. The van der Waals surface area contributed by atoms with Crippen LogP contribution in [0.2, 0.25) is 0 Å². The second kappa shape index (κ2) is 5.75. The molecule has 92 valence electrons. The molecule has 1 amide bonds. The molecule has 17 heavy (non-hydrogen) atoms. The molecule has 0 aromatic carbocycles. The Balaban J connectivity index is 1.96. The van der Waals surface area contributed by atoms with Crippen LogP contribution in [0.5, 0.6) is 0 Å². The van der Waals surface area contributed by atoms with Crippen LogP contribution in [-0.4, -0.2) is 46.8 Å². The molecule has 5 nitrogen and oxygen atoms in total. The van der Waals surface area contributed by atoms with Crippen molar-refractivity contribution in [2.75, 3.05) is 19.8 Å². The van der Waals surface area contributed by atoms with Gasteiger partial charge in [-0.3, -0.25) is 9.78 Å². The van der Waals surface area contributed by atoms with E-state index in [4.69, 9.17) is 9.84 Å². The number of aromatic nitrogens is 1. The fourth-order valence-corrected chi connectivity index (χ4v) is 1.86. The van der Waals surface area contributed by atoms with Crippen molar-refractivity contribution in [2.24, 2.45) is 0 Å². The van der Waals surface area contributed by atoms with E-state index in [1.807, 2.05) is 12.1 Å². The molecule has 2 rings (SSSR count). The summed E-state index contributed by atoms with van der Waals surface area (Å²) in [7, 11) is 0. The Hall–Kier alpha value is -1.46. The molecule has 1 N–H and O–H groups in total. The molecule has 1 atom stereocenters. The minimum Gasteiger partial charge on any atom is -0.396 e. The summed E-state index contributed by atoms with van der Waals surface area (Å²) in [5, 5.41) is 8.87. The van der Waals surface area contributed by atoms with Gasteiger partial charge in [-0.15, -0.1) is 0 Å². The van der Waals surface area contributed by atoms with E-state index in [0.29, 0.717) is 19.5 Å². The standard InChI is InChI=1S/C12H16N2O3/c15-5-3-11-8-14(12(16)9-17-11)7-10-2-1-4-13-6-10/h1-2,4,6,11,15H,3,5,7-9H2. The first-order valence-electron chi connectivity index (χ1n) is 5.68. The summed E-state index contributed by atoms with van der Waals surface area (Å²) in [5.74, 6) is -0.0111. The van der Waals surface area contributed by atoms with Gasteiger partial charge in [-0.2, -0.15) is 0 Å². The monoisotopic (exact) mass is 236 g/mol. The third-order valence-corrected chi connectivity index (χ3v) is 2.77. The van der Waals surface area contributed by atoms with E-state index in [9.17, 15) is 4.79 Å². The maximum absolute atomic E-state index is 11.7. The number of carbonyl (C=O) groups is 1. The third-order valence-electron chi connectivity index (χ3n) is 2.77. The van der Waals surface area contributed by atoms with Gasteiger partial charge < -0.3 is 14.7 Å². The first-order valence-corrected chi connectivity index (χ1v) is 5.68. The van der Waals surface area contributed by atoms with Gasteiger partial charge in [0, 0.05) is 32.1 Å². The molecule has 1 aromatic rings.